The van der Waals surface area contributed by atoms with Crippen LogP contribution in [-0.4, -0.2) is 97.6 Å². The van der Waals surface area contributed by atoms with Gasteiger partial charge in [0, 0.05) is 63.4 Å². The number of unbranched alkanes of at least 4 members (excludes halogenated alkanes) is 1. The number of hydrogen-bond acceptors (Lipinski definition) is 4. The van der Waals surface area contributed by atoms with E-state index >= 15 is 0 Å². The van der Waals surface area contributed by atoms with Gasteiger partial charge in [-0.15, -0.1) is 0 Å². The van der Waals surface area contributed by atoms with E-state index in [1.807, 2.05) is 0 Å². The SMILES string of the molecule is CCNC(=NCCCCN1CCN(C)CC1)N1CCSC(C(C)C)C1. The van der Waals surface area contributed by atoms with E-state index in [4.69, 9.17) is 4.99 Å². The van der Waals surface area contributed by atoms with Crippen molar-refractivity contribution in [3.8, 4) is 0 Å². The molecule has 1 N–H and O–H groups in total. The molecule has 0 spiro atoms. The molecule has 0 amide bonds. The summed E-state index contributed by atoms with van der Waals surface area (Å²) in [6, 6.07) is 0. The summed E-state index contributed by atoms with van der Waals surface area (Å²) in [6.45, 7) is 17.1. The summed E-state index contributed by atoms with van der Waals surface area (Å²) in [5, 5.41) is 4.24. The van der Waals surface area contributed by atoms with Gasteiger partial charge in [0.2, 0.25) is 0 Å². The van der Waals surface area contributed by atoms with Crippen LogP contribution < -0.4 is 5.32 Å². The highest BCUT2D eigenvalue weighted by atomic mass is 32.2. The van der Waals surface area contributed by atoms with Gasteiger partial charge in [0.25, 0.3) is 0 Å². The highest BCUT2D eigenvalue weighted by molar-refractivity contribution is 8.00. The Balaban J connectivity index is 1.71. The summed E-state index contributed by atoms with van der Waals surface area (Å²) >= 11 is 2.13. The van der Waals surface area contributed by atoms with Crippen molar-refractivity contribution in [1.82, 2.24) is 20.0 Å². The van der Waals surface area contributed by atoms with Crippen LogP contribution in [0.2, 0.25) is 0 Å². The Morgan fingerprint density at radius 1 is 1.16 bits per heavy atom. The average molecular weight is 370 g/mol. The Kier molecular flexibility index (Phi) is 9.42. The molecule has 146 valence electrons. The molecular formula is C19H39N5S. The number of thioether (sulfide) groups is 1. The van der Waals surface area contributed by atoms with Gasteiger partial charge in [-0.2, -0.15) is 11.8 Å². The fraction of sp³-hybridized carbons (Fsp3) is 0.947. The van der Waals surface area contributed by atoms with Gasteiger partial charge in [0.1, 0.15) is 0 Å². The zero-order valence-electron chi connectivity index (χ0n) is 16.8. The first-order valence-electron chi connectivity index (χ1n) is 10.2. The minimum absolute atomic E-state index is 0.731. The number of aliphatic imine (C=N–C) groups is 1. The number of nitrogens with one attached hydrogen (secondary N) is 1. The minimum atomic E-state index is 0.731. The highest BCUT2D eigenvalue weighted by Crippen LogP contribution is 2.24. The van der Waals surface area contributed by atoms with Crippen molar-refractivity contribution >= 4 is 17.7 Å². The number of guanidine groups is 1. The van der Waals surface area contributed by atoms with Crippen LogP contribution in [0.5, 0.6) is 0 Å². The number of hydrogen-bond donors (Lipinski definition) is 1. The predicted molar refractivity (Wildman–Crippen MR) is 112 cm³/mol. The minimum Gasteiger partial charge on any atom is -0.357 e. The molecule has 0 aromatic heterocycles. The molecule has 1 unspecified atom stereocenters. The van der Waals surface area contributed by atoms with Crippen LogP contribution >= 0.6 is 11.8 Å². The molecule has 2 saturated heterocycles. The van der Waals surface area contributed by atoms with Gasteiger partial charge in [0.15, 0.2) is 5.96 Å². The first-order valence-corrected chi connectivity index (χ1v) is 11.2. The van der Waals surface area contributed by atoms with Crippen molar-refractivity contribution < 1.29 is 0 Å². The summed E-state index contributed by atoms with van der Waals surface area (Å²) in [5.74, 6) is 3.09. The number of nitrogens with zero attached hydrogens (tertiary/aromatic N) is 4. The molecule has 0 bridgehead atoms. The topological polar surface area (TPSA) is 34.1 Å². The van der Waals surface area contributed by atoms with Gasteiger partial charge < -0.3 is 20.0 Å². The van der Waals surface area contributed by atoms with Crippen LogP contribution in [0.15, 0.2) is 4.99 Å². The lowest BCUT2D eigenvalue weighted by molar-refractivity contribution is 0.152. The molecule has 0 aliphatic carbocycles. The second-order valence-electron chi connectivity index (χ2n) is 7.69. The Morgan fingerprint density at radius 2 is 1.92 bits per heavy atom. The zero-order valence-corrected chi connectivity index (χ0v) is 17.7. The van der Waals surface area contributed by atoms with E-state index in [0.717, 1.165) is 43.3 Å². The fourth-order valence-corrected chi connectivity index (χ4v) is 4.70. The fourth-order valence-electron chi connectivity index (χ4n) is 3.40. The maximum Gasteiger partial charge on any atom is 0.193 e. The van der Waals surface area contributed by atoms with Crippen molar-refractivity contribution in [3.63, 3.8) is 0 Å². The summed E-state index contributed by atoms with van der Waals surface area (Å²) in [4.78, 5) is 12.4. The van der Waals surface area contributed by atoms with E-state index in [2.05, 4.69) is 59.6 Å². The Labute approximate surface area is 159 Å². The summed E-state index contributed by atoms with van der Waals surface area (Å²) in [5.41, 5.74) is 0. The van der Waals surface area contributed by atoms with Crippen molar-refractivity contribution in [2.75, 3.05) is 71.7 Å². The van der Waals surface area contributed by atoms with Gasteiger partial charge in [-0.25, -0.2) is 0 Å². The maximum atomic E-state index is 4.92. The monoisotopic (exact) mass is 369 g/mol. The molecule has 0 radical (unpaired) electrons. The first kappa shape index (κ1) is 20.8. The molecule has 25 heavy (non-hydrogen) atoms. The molecule has 2 aliphatic rings. The van der Waals surface area contributed by atoms with Gasteiger partial charge >= 0.3 is 0 Å². The van der Waals surface area contributed by atoms with E-state index in [1.54, 1.807) is 0 Å². The van der Waals surface area contributed by atoms with Crippen LogP contribution in [0.4, 0.5) is 0 Å². The van der Waals surface area contributed by atoms with Crippen molar-refractivity contribution in [3.05, 3.63) is 0 Å². The number of piperazine rings is 1. The van der Waals surface area contributed by atoms with Crippen LogP contribution in [-0.2, 0) is 0 Å². The van der Waals surface area contributed by atoms with Crippen LogP contribution in [0, 0.1) is 5.92 Å². The van der Waals surface area contributed by atoms with E-state index in [9.17, 15) is 0 Å². The zero-order chi connectivity index (χ0) is 18.1. The summed E-state index contributed by atoms with van der Waals surface area (Å²) in [7, 11) is 2.22. The summed E-state index contributed by atoms with van der Waals surface area (Å²) < 4.78 is 0. The molecule has 2 aliphatic heterocycles. The lowest BCUT2D eigenvalue weighted by Gasteiger charge is -2.36. The molecule has 2 heterocycles. The third kappa shape index (κ3) is 7.35. The normalized spacial score (nSPS) is 24.1. The molecule has 0 aromatic carbocycles. The standard InChI is InChI=1S/C19H39N5S/c1-5-20-19(24-14-15-25-18(16-24)17(2)3)21-8-6-7-9-23-12-10-22(4)11-13-23/h17-18H,5-16H2,1-4H3,(H,20,21). The van der Waals surface area contributed by atoms with E-state index in [1.165, 1.54) is 51.3 Å². The number of rotatable bonds is 7. The molecule has 2 fully saturated rings. The largest absolute Gasteiger partial charge is 0.357 e. The average Bonchev–Trinajstić information content (AvgIpc) is 2.62. The van der Waals surface area contributed by atoms with Crippen molar-refractivity contribution in [2.45, 2.75) is 38.9 Å². The Bertz CT molecular complexity index is 393. The molecular weight excluding hydrogens is 330 g/mol. The lowest BCUT2D eigenvalue weighted by atomic mass is 10.1. The van der Waals surface area contributed by atoms with Gasteiger partial charge in [0.05, 0.1) is 0 Å². The molecule has 1 atom stereocenters. The number of likely N-dealkylation sites (N-methyl/N-ethyl adjacent to an activating group) is 1. The predicted octanol–water partition coefficient (Wildman–Crippen LogP) is 2.05. The van der Waals surface area contributed by atoms with Gasteiger partial charge in [-0.3, -0.25) is 4.99 Å². The molecule has 2 rings (SSSR count). The Morgan fingerprint density at radius 3 is 2.60 bits per heavy atom. The quantitative estimate of drug-likeness (QED) is 0.422. The lowest BCUT2D eigenvalue weighted by Crippen LogP contribution is -2.49. The maximum absolute atomic E-state index is 4.92. The highest BCUT2D eigenvalue weighted by Gasteiger charge is 2.24. The van der Waals surface area contributed by atoms with Gasteiger partial charge in [-0.05, 0) is 39.3 Å². The smallest absolute Gasteiger partial charge is 0.193 e. The van der Waals surface area contributed by atoms with Crippen molar-refractivity contribution in [1.29, 1.82) is 0 Å². The van der Waals surface area contributed by atoms with E-state index in [-0.39, 0.29) is 0 Å². The second-order valence-corrected chi connectivity index (χ2v) is 9.03. The Hall–Kier alpha value is -0.460. The molecule has 0 aromatic rings. The van der Waals surface area contributed by atoms with Crippen molar-refractivity contribution in [2.24, 2.45) is 10.9 Å². The third-order valence-corrected chi connectivity index (χ3v) is 6.75. The third-order valence-electron chi connectivity index (χ3n) is 5.21. The molecule has 5 nitrogen and oxygen atoms in total. The second kappa shape index (κ2) is 11.3. The summed E-state index contributed by atoms with van der Waals surface area (Å²) in [6.07, 6.45) is 2.45. The van der Waals surface area contributed by atoms with Crippen LogP contribution in [0.1, 0.15) is 33.6 Å². The molecule has 6 heteroatoms. The van der Waals surface area contributed by atoms with Gasteiger partial charge in [-0.1, -0.05) is 13.8 Å². The van der Waals surface area contributed by atoms with E-state index < -0.39 is 0 Å². The van der Waals surface area contributed by atoms with Crippen LogP contribution in [0.3, 0.4) is 0 Å². The van der Waals surface area contributed by atoms with Crippen LogP contribution in [0.25, 0.3) is 0 Å². The van der Waals surface area contributed by atoms with E-state index in [0.29, 0.717) is 0 Å². The first-order chi connectivity index (χ1) is 12.1. The molecule has 0 saturated carbocycles.